The molecule has 120 heavy (non-hydrogen) atoms. The Kier molecular flexibility index (Phi) is 28.5. The minimum Gasteiger partial charge on any atom is -0.308 e. The van der Waals surface area contributed by atoms with E-state index in [-0.39, 0.29) is 33.4 Å². The summed E-state index contributed by atoms with van der Waals surface area (Å²) >= 11 is 0. The van der Waals surface area contributed by atoms with Gasteiger partial charge in [-0.2, -0.15) is 0 Å². The average molecular weight is 1570 g/mol. The van der Waals surface area contributed by atoms with Gasteiger partial charge in [-0.3, -0.25) is 28.8 Å². The highest BCUT2D eigenvalue weighted by Crippen LogP contribution is 2.18. The second-order valence-electron chi connectivity index (χ2n) is 30.0. The number of aromatic nitrogens is 6. The van der Waals surface area contributed by atoms with Crippen LogP contribution in [0.4, 0.5) is 0 Å². The van der Waals surface area contributed by atoms with Crippen molar-refractivity contribution in [2.45, 2.75) is 158 Å². The van der Waals surface area contributed by atoms with E-state index >= 15 is 0 Å². The fourth-order valence-electron chi connectivity index (χ4n) is 14.1. The molecule has 0 aliphatic rings. The van der Waals surface area contributed by atoms with Crippen LogP contribution in [0.25, 0.3) is 130 Å². The molecule has 0 saturated carbocycles. The average Bonchev–Trinajstić information content (AvgIpc) is 0.826. The molecule has 0 amide bonds. The Hall–Kier alpha value is -14.4. The largest absolute Gasteiger partial charge is 0.308 e. The summed E-state index contributed by atoms with van der Waals surface area (Å²) in [6.45, 7) is 15.4. The summed E-state index contributed by atoms with van der Waals surface area (Å²) in [5, 5.41) is 11.1. The first-order valence-electron chi connectivity index (χ1n) is 41.9. The zero-order chi connectivity index (χ0) is 83.7. The summed E-state index contributed by atoms with van der Waals surface area (Å²) < 4.78 is 10.7. The molecule has 0 radical (unpaired) electrons. The Balaban J connectivity index is 1.09. The van der Waals surface area contributed by atoms with Crippen molar-refractivity contribution in [1.29, 1.82) is 0 Å². The van der Waals surface area contributed by atoms with Crippen LogP contribution in [0, 0.1) is 72.8 Å². The minimum atomic E-state index is -0.189. The van der Waals surface area contributed by atoms with Crippen LogP contribution in [0.3, 0.4) is 0 Å². The first-order chi connectivity index (χ1) is 58.7. The van der Waals surface area contributed by atoms with Gasteiger partial charge in [-0.1, -0.05) is 153 Å². The Bertz CT molecular complexity index is 5830. The van der Waals surface area contributed by atoms with Crippen LogP contribution < -0.4 is 33.4 Å². The minimum absolute atomic E-state index is 0.189. The van der Waals surface area contributed by atoms with Gasteiger partial charge < -0.3 is 27.4 Å². The van der Waals surface area contributed by atoms with Gasteiger partial charge in [-0.25, -0.2) is 0 Å². The quantitative estimate of drug-likeness (QED) is 0.0840. The predicted octanol–water partition coefficient (Wildman–Crippen LogP) is 23.0. The highest BCUT2D eigenvalue weighted by molar-refractivity contribution is 5.79. The molecule has 41 aromatic rings. The lowest BCUT2D eigenvalue weighted by molar-refractivity contribution is 0.634. The molecular weight excluding hydrogens is 1480 g/mol. The van der Waals surface area contributed by atoms with E-state index in [0.717, 1.165) is 109 Å². The molecule has 0 aliphatic carbocycles. The van der Waals surface area contributed by atoms with Crippen molar-refractivity contribution in [3.63, 3.8) is 0 Å². The van der Waals surface area contributed by atoms with Crippen molar-refractivity contribution in [2.75, 3.05) is 0 Å². The van der Waals surface area contributed by atoms with Gasteiger partial charge in [0.05, 0.1) is 0 Å². The Morgan fingerprint density at radius 1 is 0.167 bits per heavy atom. The number of hydrogen-bond donors (Lipinski definition) is 0. The summed E-state index contributed by atoms with van der Waals surface area (Å²) in [5.74, 6) is 0. The molecule has 30 heterocycles. The predicted molar refractivity (Wildman–Crippen MR) is 496 cm³/mol. The first kappa shape index (κ1) is 83.5. The van der Waals surface area contributed by atoms with Crippen LogP contribution in [0.5, 0.6) is 0 Å². The maximum Gasteiger partial charge on any atom is 0.258 e. The van der Waals surface area contributed by atoms with Gasteiger partial charge in [0, 0.05) is 169 Å². The van der Waals surface area contributed by atoms with Gasteiger partial charge in [-0.05, 0) is 293 Å². The van der Waals surface area contributed by atoms with Gasteiger partial charge in [0.25, 0.3) is 33.4 Å². The fourth-order valence-corrected chi connectivity index (χ4v) is 14.1. The zero-order valence-electron chi connectivity index (χ0n) is 69.1. The Morgan fingerprint density at radius 3 is 0.400 bits per heavy atom. The lowest BCUT2D eigenvalue weighted by atomic mass is 10.1. The van der Waals surface area contributed by atoms with Crippen LogP contribution in [-0.4, -0.2) is 27.4 Å². The van der Waals surface area contributed by atoms with Gasteiger partial charge >= 0.3 is 0 Å². The van der Waals surface area contributed by atoms with Crippen molar-refractivity contribution < 1.29 is 0 Å². The number of nitrogens with zero attached hydrogens (tertiary/aromatic N) is 6. The molecule has 0 aliphatic heterocycles. The summed E-state index contributed by atoms with van der Waals surface area (Å²) in [4.78, 5) is 88.1. The number of benzene rings is 11. The third-order valence-corrected chi connectivity index (χ3v) is 21.1. The van der Waals surface area contributed by atoms with E-state index in [4.69, 9.17) is 0 Å². The highest BCUT2D eigenvalue weighted by atomic mass is 16.2. The standard InChI is InChI=1S/C108H96N6O6/c1-7-13-67-109-97-55-31-79(32-56-97)19-25-85-73-86-26-20-81-35-59-99(60-36-81)111(69-15-9-3)105(117)93-47-51-95(52-48-93)107(119)113(71-17-11-5)101-63-39-83(40-64-101)23-29-89-76-88(28-22-80-33-57-98(58-34-80)110(68-14-8-2)104(116)92-45-43-91(44-46-92)103(109)115)77-90(78-89)30-24-84-41-65-102(66-42-84)114(72-18-12-6)108(120)96-53-49-94(50-54-96)106(118)112(70-16-10-4)100-61-37-82(38-62-100)21-27-87(74-85)75-86/h31-66,73-78H,7-18,67-72H2,1-6H3. The number of unbranched alkanes of at least 4 members (excludes halogenated alkanes) is 6. The molecule has 0 N–H and O–H groups in total. The van der Waals surface area contributed by atoms with Crippen LogP contribution in [0.2, 0.25) is 0 Å². The van der Waals surface area contributed by atoms with Gasteiger partial charge in [0.1, 0.15) is 0 Å². The summed E-state index contributed by atoms with van der Waals surface area (Å²) in [6, 6.07) is 119. The van der Waals surface area contributed by atoms with Gasteiger partial charge in [-0.15, -0.1) is 0 Å². The molecule has 0 atom stereocenters. The maximum atomic E-state index is 14.7. The SMILES string of the molecule is CCCCn1c(=O)c2ccc(cc2)c(=O)n(CCCC)c2ccc(c#cc3cc4c#cc5ccc(cc5)n(CCCC)c(=O)c5ccc(cc5)c(=O)n(CCCC)c5ccc(c#cc6cc(c#cc7ccc1cc7)cc(c#cc1ccc(cc1)n(CCCC)c(=O)c1ccc(cc1)c(=O)n(CCCC)c1ccc(c#cc(c3)c4)cc1)c6)cc5)cc2. The number of rotatable bonds is 18. The van der Waals surface area contributed by atoms with E-state index in [1.54, 1.807) is 100 Å². The van der Waals surface area contributed by atoms with E-state index in [2.05, 4.69) is 114 Å². The van der Waals surface area contributed by atoms with E-state index in [0.29, 0.717) is 137 Å². The molecule has 0 saturated heterocycles. The second kappa shape index (κ2) is 40.9. The van der Waals surface area contributed by atoms with Crippen LogP contribution >= 0.6 is 0 Å². The molecule has 24 bridgehead atoms. The van der Waals surface area contributed by atoms with Crippen molar-refractivity contribution in [2.24, 2.45) is 0 Å². The van der Waals surface area contributed by atoms with Crippen LogP contribution in [0.1, 0.15) is 119 Å². The lowest BCUT2D eigenvalue weighted by Gasteiger charge is -2.07. The van der Waals surface area contributed by atoms with Crippen molar-refractivity contribution >= 4 is 130 Å². The number of hydrogen-bond acceptors (Lipinski definition) is 6. The van der Waals surface area contributed by atoms with E-state index in [1.165, 1.54) is 0 Å². The van der Waals surface area contributed by atoms with Crippen LogP contribution in [0.15, 0.2) is 284 Å². The smallest absolute Gasteiger partial charge is 0.258 e. The summed E-state index contributed by atoms with van der Waals surface area (Å²) in [5.41, 5.74) is 3.12. The van der Waals surface area contributed by atoms with E-state index < -0.39 is 0 Å². The van der Waals surface area contributed by atoms with Gasteiger partial charge in [0.15, 0.2) is 0 Å². The van der Waals surface area contributed by atoms with Crippen LogP contribution in [-0.2, 0) is 39.3 Å². The monoisotopic (exact) mass is 1570 g/mol. The molecule has 12 heteroatoms. The van der Waals surface area contributed by atoms with Crippen molar-refractivity contribution in [3.05, 3.63) is 390 Å². The normalized spacial score (nSPS) is 10.7. The third-order valence-electron chi connectivity index (χ3n) is 21.1. The summed E-state index contributed by atoms with van der Waals surface area (Å²) in [7, 11) is 0. The topological polar surface area (TPSA) is 132 Å². The highest BCUT2D eigenvalue weighted by Gasteiger charge is 2.09. The van der Waals surface area contributed by atoms with Gasteiger partial charge in [0.2, 0.25) is 0 Å². The zero-order valence-corrected chi connectivity index (χ0v) is 69.1. The fraction of sp³-hybridized carbons (Fsp3) is 0.222. The summed E-state index contributed by atoms with van der Waals surface area (Å²) in [6.07, 6.45) is 9.79. The molecule has 0 unspecified atom stereocenters. The molecular formula is C108H96N6O6. The van der Waals surface area contributed by atoms with Crippen molar-refractivity contribution in [3.8, 4) is 0 Å². The van der Waals surface area contributed by atoms with E-state index in [9.17, 15) is 28.8 Å². The third kappa shape index (κ3) is 21.4. The molecule has 11 aromatic carbocycles. The molecule has 0 spiro atoms. The molecule has 0 fully saturated rings. The second-order valence-corrected chi connectivity index (χ2v) is 30.0. The molecule has 12 nitrogen and oxygen atoms in total. The molecule has 594 valence electrons. The number of aryl methyl sites for hydroxylation is 6. The Labute approximate surface area is 700 Å². The van der Waals surface area contributed by atoms with E-state index in [1.807, 2.05) is 182 Å². The Morgan fingerprint density at radius 2 is 0.283 bits per heavy atom. The molecule has 41 rings (SSSR count). The molecule has 30 aromatic heterocycles. The first-order valence-corrected chi connectivity index (χ1v) is 41.9. The van der Waals surface area contributed by atoms with Crippen molar-refractivity contribution in [1.82, 2.24) is 27.4 Å². The maximum absolute atomic E-state index is 14.7. The lowest BCUT2D eigenvalue weighted by Crippen LogP contribution is -2.20.